The molecule has 0 aromatic carbocycles. The first-order valence-corrected chi connectivity index (χ1v) is 7.54. The maximum Gasteiger partial charge on any atom is 2.00 e. The van der Waals surface area contributed by atoms with Crippen LogP contribution < -0.4 is 34.9 Å². The number of carbonyl (C=O) groups is 3. The summed E-state index contributed by atoms with van der Waals surface area (Å²) in [4.78, 5) is 32.7. The first kappa shape index (κ1) is 27.6. The number of thiol groups is 2. The van der Waals surface area contributed by atoms with Crippen LogP contribution in [-0.2, 0) is 33.9 Å². The fourth-order valence-electron chi connectivity index (χ4n) is 1.60. The summed E-state index contributed by atoms with van der Waals surface area (Å²) in [7, 11) is 0. The van der Waals surface area contributed by atoms with E-state index in [0.717, 1.165) is 25.0 Å². The number of hydrogen-bond acceptors (Lipinski definition) is 5. The standard InChI is InChI=1S/C12H21NO5S2.Na.Zn/c14-10(4-2-1-3-8(20)5-6-19)13-9(12(17)18)7-11(15)16;;/h8-9,19-20H,1-7H2,(H,13,14)(H,15,16)(H,17,18);;/q;+1;+2/t8?,9-;;/m0../s1. The molecule has 0 aliphatic heterocycles. The summed E-state index contributed by atoms with van der Waals surface area (Å²) in [6, 6.07) is -1.37. The predicted octanol–water partition coefficient (Wildman–Crippen LogP) is -1.79. The van der Waals surface area contributed by atoms with Gasteiger partial charge in [-0.3, -0.25) is 9.59 Å². The molecule has 116 valence electrons. The van der Waals surface area contributed by atoms with Gasteiger partial charge in [-0.1, -0.05) is 6.42 Å². The monoisotopic (exact) mass is 410 g/mol. The number of hydrogen-bond donors (Lipinski definition) is 5. The minimum atomic E-state index is -1.37. The number of carboxylic acids is 2. The van der Waals surface area contributed by atoms with E-state index in [-0.39, 0.29) is 60.7 Å². The van der Waals surface area contributed by atoms with Crippen LogP contribution in [0, 0.1) is 0 Å². The molecule has 0 aliphatic carbocycles. The van der Waals surface area contributed by atoms with Gasteiger partial charge in [0.25, 0.3) is 0 Å². The molecule has 3 N–H and O–H groups in total. The van der Waals surface area contributed by atoms with Gasteiger partial charge in [-0.2, -0.15) is 25.3 Å². The zero-order valence-electron chi connectivity index (χ0n) is 12.8. The average Bonchev–Trinajstić information content (AvgIpc) is 2.33. The van der Waals surface area contributed by atoms with Crippen LogP contribution in [0.25, 0.3) is 0 Å². The summed E-state index contributed by atoms with van der Waals surface area (Å²) in [5.41, 5.74) is 0. The molecule has 0 bridgehead atoms. The molecule has 0 spiro atoms. The van der Waals surface area contributed by atoms with Crippen molar-refractivity contribution in [1.82, 2.24) is 5.32 Å². The van der Waals surface area contributed by atoms with Gasteiger partial charge in [-0.15, -0.1) is 0 Å². The van der Waals surface area contributed by atoms with Crippen LogP contribution in [0.3, 0.4) is 0 Å². The summed E-state index contributed by atoms with van der Waals surface area (Å²) in [5, 5.41) is 19.8. The SMILES string of the molecule is O=C(O)C[C@H](NC(=O)CCCCC(S)CCS)C(=O)O.[Na+].[Zn+2]. The van der Waals surface area contributed by atoms with E-state index in [9.17, 15) is 14.4 Å². The Hall–Kier alpha value is 0.733. The smallest absolute Gasteiger partial charge is 0.481 e. The average molecular weight is 412 g/mol. The molecule has 6 nitrogen and oxygen atoms in total. The van der Waals surface area contributed by atoms with Crippen molar-refractivity contribution in [2.75, 3.05) is 5.75 Å². The maximum absolute atomic E-state index is 11.5. The Morgan fingerprint density at radius 2 is 1.68 bits per heavy atom. The molecule has 2 atom stereocenters. The van der Waals surface area contributed by atoms with Gasteiger partial charge in [0.1, 0.15) is 6.04 Å². The summed E-state index contributed by atoms with van der Waals surface area (Å²) >= 11 is 8.47. The van der Waals surface area contributed by atoms with Crippen LogP contribution in [0.4, 0.5) is 0 Å². The molecule has 0 saturated heterocycles. The third-order valence-corrected chi connectivity index (χ3v) is 3.44. The van der Waals surface area contributed by atoms with Crippen LogP contribution in [0.15, 0.2) is 0 Å². The second-order valence-corrected chi connectivity index (χ2v) is 5.65. The fourth-order valence-corrected chi connectivity index (χ4v) is 2.43. The minimum absolute atomic E-state index is 0. The van der Waals surface area contributed by atoms with Gasteiger partial charge in [-0.05, 0) is 25.0 Å². The number of nitrogens with one attached hydrogen (secondary N) is 1. The molecule has 0 heterocycles. The van der Waals surface area contributed by atoms with Crippen molar-refractivity contribution in [1.29, 1.82) is 0 Å². The molecule has 10 heteroatoms. The molecule has 0 aliphatic rings. The first-order chi connectivity index (χ1) is 9.36. The largest absolute Gasteiger partial charge is 2.00 e. The van der Waals surface area contributed by atoms with E-state index in [0.29, 0.717) is 6.42 Å². The Kier molecular flexibility index (Phi) is 20.8. The Labute approximate surface area is 176 Å². The number of unbranched alkanes of at least 4 members (excludes halogenated alkanes) is 1. The Bertz CT molecular complexity index is 349. The summed E-state index contributed by atoms with van der Waals surface area (Å²) in [6.45, 7) is 0. The van der Waals surface area contributed by atoms with Crippen LogP contribution in [0.5, 0.6) is 0 Å². The summed E-state index contributed by atoms with van der Waals surface area (Å²) in [6.07, 6.45) is 2.76. The third kappa shape index (κ3) is 15.6. The minimum Gasteiger partial charge on any atom is -0.481 e. The predicted molar refractivity (Wildman–Crippen MR) is 81.5 cm³/mol. The molecule has 22 heavy (non-hydrogen) atoms. The van der Waals surface area contributed by atoms with Crippen molar-refractivity contribution in [3.8, 4) is 0 Å². The van der Waals surface area contributed by atoms with Gasteiger partial charge in [0.05, 0.1) is 6.42 Å². The van der Waals surface area contributed by atoms with E-state index >= 15 is 0 Å². The van der Waals surface area contributed by atoms with E-state index in [1.807, 2.05) is 0 Å². The molecule has 0 aromatic rings. The third-order valence-electron chi connectivity index (χ3n) is 2.67. The second kappa shape index (κ2) is 16.6. The van der Waals surface area contributed by atoms with E-state index in [4.69, 9.17) is 10.2 Å². The summed E-state index contributed by atoms with van der Waals surface area (Å²) < 4.78 is 0. The molecule has 0 rings (SSSR count). The molecule has 0 radical (unpaired) electrons. The zero-order chi connectivity index (χ0) is 15.5. The van der Waals surface area contributed by atoms with E-state index < -0.39 is 30.3 Å². The van der Waals surface area contributed by atoms with Gasteiger partial charge in [-0.25, -0.2) is 4.79 Å². The van der Waals surface area contributed by atoms with Gasteiger partial charge in [0.2, 0.25) is 5.91 Å². The normalized spacial score (nSPS) is 12.3. The van der Waals surface area contributed by atoms with Crippen molar-refractivity contribution >= 4 is 43.1 Å². The van der Waals surface area contributed by atoms with Gasteiger partial charge >= 0.3 is 61.0 Å². The van der Waals surface area contributed by atoms with Crippen molar-refractivity contribution in [3.05, 3.63) is 0 Å². The molecule has 0 fully saturated rings. The first-order valence-electron chi connectivity index (χ1n) is 6.39. The number of carboxylic acid groups (broad SMARTS) is 2. The van der Waals surface area contributed by atoms with Crippen molar-refractivity contribution in [2.45, 2.75) is 49.8 Å². The maximum atomic E-state index is 11.5. The van der Waals surface area contributed by atoms with Crippen LogP contribution in [0.1, 0.15) is 38.5 Å². The number of aliphatic carboxylic acids is 2. The van der Waals surface area contributed by atoms with Crippen molar-refractivity contribution in [3.63, 3.8) is 0 Å². The Morgan fingerprint density at radius 3 is 2.14 bits per heavy atom. The number of rotatable bonds is 11. The van der Waals surface area contributed by atoms with Crippen molar-refractivity contribution < 1.29 is 73.6 Å². The van der Waals surface area contributed by atoms with E-state index in [2.05, 4.69) is 30.6 Å². The molecule has 0 aromatic heterocycles. The van der Waals surface area contributed by atoms with Crippen LogP contribution >= 0.6 is 25.3 Å². The Balaban J connectivity index is -0.00000180. The number of amides is 1. The molecule has 1 amide bonds. The molecule has 1 unspecified atom stereocenters. The summed E-state index contributed by atoms with van der Waals surface area (Å²) in [5.74, 6) is -2.28. The van der Waals surface area contributed by atoms with Gasteiger partial charge < -0.3 is 15.5 Å². The van der Waals surface area contributed by atoms with Gasteiger partial charge in [0, 0.05) is 11.7 Å². The second-order valence-electron chi connectivity index (χ2n) is 4.47. The van der Waals surface area contributed by atoms with Crippen LogP contribution in [-0.4, -0.2) is 45.1 Å². The topological polar surface area (TPSA) is 104 Å². The van der Waals surface area contributed by atoms with E-state index in [1.165, 1.54) is 0 Å². The Morgan fingerprint density at radius 1 is 1.09 bits per heavy atom. The van der Waals surface area contributed by atoms with E-state index in [1.54, 1.807) is 0 Å². The van der Waals surface area contributed by atoms with Gasteiger partial charge in [0.15, 0.2) is 0 Å². The fraction of sp³-hybridized carbons (Fsp3) is 0.750. The van der Waals surface area contributed by atoms with Crippen molar-refractivity contribution in [2.24, 2.45) is 0 Å². The number of carbonyl (C=O) groups excluding carboxylic acids is 1. The molecular formula is C12H21NNaO5S2Zn+3. The molecular weight excluding hydrogens is 391 g/mol. The van der Waals surface area contributed by atoms with Crippen LogP contribution in [0.2, 0.25) is 0 Å². The quantitative estimate of drug-likeness (QED) is 0.157. The zero-order valence-corrected chi connectivity index (χ0v) is 19.6. The molecule has 0 saturated carbocycles.